The van der Waals surface area contributed by atoms with Crippen LogP contribution in [0.4, 0.5) is 0 Å². The zero-order valence-electron chi connectivity index (χ0n) is 10.9. The van der Waals surface area contributed by atoms with Crippen LogP contribution in [0.3, 0.4) is 0 Å². The van der Waals surface area contributed by atoms with Crippen LogP contribution in [0.15, 0.2) is 17.5 Å². The normalized spacial score (nSPS) is 12.3. The Hall–Kier alpha value is -0.980. The molecule has 1 atom stereocenters. The number of aryl methyl sites for hydroxylation is 1. The lowest BCUT2D eigenvalue weighted by Gasteiger charge is -2.15. The van der Waals surface area contributed by atoms with E-state index in [0.717, 1.165) is 20.9 Å². The number of nitrogens with one attached hydrogen (secondary N) is 2. The number of aromatic amines is 1. The van der Waals surface area contributed by atoms with Gasteiger partial charge in [0.05, 0.1) is 12.5 Å². The van der Waals surface area contributed by atoms with Crippen molar-refractivity contribution in [2.24, 2.45) is 0 Å². The molecule has 0 saturated carbocycles. The summed E-state index contributed by atoms with van der Waals surface area (Å²) in [5, 5.41) is 5.12. The molecule has 0 spiro atoms. The minimum Gasteiger partial charge on any atom is -0.348 e. The molecule has 0 aliphatic carbocycles. The molecular formula is C13H16N2OS3. The van der Waals surface area contributed by atoms with Crippen molar-refractivity contribution in [1.29, 1.82) is 0 Å². The lowest BCUT2D eigenvalue weighted by Crippen LogP contribution is -2.28. The Balaban J connectivity index is 2.01. The molecule has 102 valence electrons. The van der Waals surface area contributed by atoms with E-state index in [1.807, 2.05) is 18.4 Å². The van der Waals surface area contributed by atoms with Crippen molar-refractivity contribution in [2.75, 3.05) is 0 Å². The Kier molecular flexibility index (Phi) is 4.90. The largest absolute Gasteiger partial charge is 0.348 e. The molecular weight excluding hydrogens is 296 g/mol. The SMILES string of the molecule is CC[C@@H](NC(=O)Cc1sc(=S)[nH]c1C)c1cccs1. The Morgan fingerprint density at radius 3 is 2.89 bits per heavy atom. The van der Waals surface area contributed by atoms with Crippen LogP contribution in [0.1, 0.15) is 34.8 Å². The quantitative estimate of drug-likeness (QED) is 0.820. The number of thiophene rings is 1. The van der Waals surface area contributed by atoms with E-state index in [0.29, 0.717) is 6.42 Å². The summed E-state index contributed by atoms with van der Waals surface area (Å²) in [6.45, 7) is 4.03. The maximum atomic E-state index is 12.1. The predicted octanol–water partition coefficient (Wildman–Crippen LogP) is 3.99. The van der Waals surface area contributed by atoms with Crippen molar-refractivity contribution < 1.29 is 4.79 Å². The van der Waals surface area contributed by atoms with Crippen LogP contribution in [-0.4, -0.2) is 10.9 Å². The number of carbonyl (C=O) groups is 1. The van der Waals surface area contributed by atoms with Gasteiger partial charge in [0.25, 0.3) is 0 Å². The second-order valence-electron chi connectivity index (χ2n) is 4.28. The minimum atomic E-state index is 0.0496. The third kappa shape index (κ3) is 3.75. The maximum Gasteiger partial charge on any atom is 0.225 e. The van der Waals surface area contributed by atoms with E-state index >= 15 is 0 Å². The molecule has 0 unspecified atom stereocenters. The van der Waals surface area contributed by atoms with Crippen LogP contribution in [0.2, 0.25) is 0 Å². The van der Waals surface area contributed by atoms with Gasteiger partial charge in [-0.1, -0.05) is 13.0 Å². The number of aromatic nitrogens is 1. The fourth-order valence-electron chi connectivity index (χ4n) is 1.86. The van der Waals surface area contributed by atoms with E-state index in [4.69, 9.17) is 12.2 Å². The van der Waals surface area contributed by atoms with Gasteiger partial charge in [0.1, 0.15) is 0 Å². The molecule has 2 rings (SSSR count). The van der Waals surface area contributed by atoms with Gasteiger partial charge in [0.15, 0.2) is 3.95 Å². The number of hydrogen-bond donors (Lipinski definition) is 2. The van der Waals surface area contributed by atoms with Crippen LogP contribution in [-0.2, 0) is 11.2 Å². The molecule has 3 nitrogen and oxygen atoms in total. The molecule has 1 amide bonds. The second-order valence-corrected chi connectivity index (χ2v) is 7.03. The first-order valence-electron chi connectivity index (χ1n) is 6.11. The van der Waals surface area contributed by atoms with Gasteiger partial charge in [-0.2, -0.15) is 0 Å². The number of hydrogen-bond acceptors (Lipinski definition) is 4. The highest BCUT2D eigenvalue weighted by atomic mass is 32.1. The summed E-state index contributed by atoms with van der Waals surface area (Å²) >= 11 is 8.23. The summed E-state index contributed by atoms with van der Waals surface area (Å²) in [5.41, 5.74) is 0.995. The molecule has 0 saturated heterocycles. The molecule has 0 aliphatic heterocycles. The van der Waals surface area contributed by atoms with Gasteiger partial charge in [0.2, 0.25) is 5.91 Å². The number of carbonyl (C=O) groups excluding carboxylic acids is 1. The summed E-state index contributed by atoms with van der Waals surface area (Å²) in [5.74, 6) is 0.0496. The lowest BCUT2D eigenvalue weighted by atomic mass is 10.2. The molecule has 2 aromatic rings. The summed E-state index contributed by atoms with van der Waals surface area (Å²) in [6.07, 6.45) is 1.29. The van der Waals surface area contributed by atoms with Crippen LogP contribution >= 0.6 is 34.9 Å². The molecule has 2 heterocycles. The standard InChI is InChI=1S/C13H16N2OS3/c1-3-9(10-5-4-6-18-10)15-12(16)7-11-8(2)14-13(17)19-11/h4-6,9H,3,7H2,1-2H3,(H,14,17)(H,15,16)/t9-/m1/s1. The molecule has 6 heteroatoms. The average molecular weight is 312 g/mol. The smallest absolute Gasteiger partial charge is 0.225 e. The first-order chi connectivity index (χ1) is 9.10. The van der Waals surface area contributed by atoms with E-state index in [1.165, 1.54) is 16.2 Å². The van der Waals surface area contributed by atoms with Crippen molar-refractivity contribution >= 4 is 40.8 Å². The van der Waals surface area contributed by atoms with E-state index in [-0.39, 0.29) is 11.9 Å². The molecule has 0 aliphatic rings. The van der Waals surface area contributed by atoms with Crippen molar-refractivity contribution in [3.8, 4) is 0 Å². The molecule has 0 bridgehead atoms. The number of rotatable bonds is 5. The number of H-pyrrole nitrogens is 1. The summed E-state index contributed by atoms with van der Waals surface area (Å²) in [7, 11) is 0. The Bertz CT molecular complexity index is 598. The van der Waals surface area contributed by atoms with E-state index in [1.54, 1.807) is 11.3 Å². The highest BCUT2D eigenvalue weighted by molar-refractivity contribution is 7.73. The van der Waals surface area contributed by atoms with Gasteiger partial charge in [-0.15, -0.1) is 22.7 Å². The number of amides is 1. The summed E-state index contributed by atoms with van der Waals surface area (Å²) in [6, 6.07) is 4.18. The van der Waals surface area contributed by atoms with Crippen molar-refractivity contribution in [3.05, 3.63) is 36.9 Å². The minimum absolute atomic E-state index is 0.0496. The maximum absolute atomic E-state index is 12.1. The van der Waals surface area contributed by atoms with Gasteiger partial charge in [-0.3, -0.25) is 4.79 Å². The molecule has 2 N–H and O–H groups in total. The van der Waals surface area contributed by atoms with Crippen LogP contribution < -0.4 is 5.32 Å². The van der Waals surface area contributed by atoms with E-state index in [2.05, 4.69) is 23.3 Å². The zero-order valence-corrected chi connectivity index (χ0v) is 13.3. The highest BCUT2D eigenvalue weighted by Gasteiger charge is 2.15. The van der Waals surface area contributed by atoms with Gasteiger partial charge in [0, 0.05) is 15.4 Å². The monoisotopic (exact) mass is 312 g/mol. The average Bonchev–Trinajstić information content (AvgIpc) is 2.97. The third-order valence-electron chi connectivity index (χ3n) is 2.87. The van der Waals surface area contributed by atoms with Crippen molar-refractivity contribution in [2.45, 2.75) is 32.7 Å². The van der Waals surface area contributed by atoms with Gasteiger partial charge in [-0.25, -0.2) is 0 Å². The van der Waals surface area contributed by atoms with Gasteiger partial charge >= 0.3 is 0 Å². The fraction of sp³-hybridized carbons (Fsp3) is 0.385. The predicted molar refractivity (Wildman–Crippen MR) is 83.4 cm³/mol. The summed E-state index contributed by atoms with van der Waals surface area (Å²) < 4.78 is 0.727. The molecule has 19 heavy (non-hydrogen) atoms. The molecule has 0 radical (unpaired) electrons. The van der Waals surface area contributed by atoms with Crippen LogP contribution in [0.5, 0.6) is 0 Å². The molecule has 2 aromatic heterocycles. The van der Waals surface area contributed by atoms with Gasteiger partial charge < -0.3 is 10.3 Å². The Morgan fingerprint density at radius 2 is 2.37 bits per heavy atom. The van der Waals surface area contributed by atoms with Crippen molar-refractivity contribution in [3.63, 3.8) is 0 Å². The topological polar surface area (TPSA) is 44.9 Å². The van der Waals surface area contributed by atoms with Crippen LogP contribution in [0, 0.1) is 10.9 Å². The van der Waals surface area contributed by atoms with E-state index < -0.39 is 0 Å². The molecule has 0 fully saturated rings. The first-order valence-corrected chi connectivity index (χ1v) is 8.22. The Labute approximate surface area is 125 Å². The van der Waals surface area contributed by atoms with Crippen molar-refractivity contribution in [1.82, 2.24) is 10.3 Å². The molecule has 0 aromatic carbocycles. The fourth-order valence-corrected chi connectivity index (χ4v) is 4.01. The Morgan fingerprint density at radius 1 is 1.58 bits per heavy atom. The zero-order chi connectivity index (χ0) is 13.8. The second kappa shape index (κ2) is 6.45. The first kappa shape index (κ1) is 14.4. The summed E-state index contributed by atoms with van der Waals surface area (Å²) in [4.78, 5) is 17.4. The number of thiazole rings is 1. The van der Waals surface area contributed by atoms with Crippen LogP contribution in [0.25, 0.3) is 0 Å². The highest BCUT2D eigenvalue weighted by Crippen LogP contribution is 2.22. The van der Waals surface area contributed by atoms with Gasteiger partial charge in [-0.05, 0) is 37.0 Å². The third-order valence-corrected chi connectivity index (χ3v) is 5.20. The van der Waals surface area contributed by atoms with E-state index in [9.17, 15) is 4.79 Å². The lowest BCUT2D eigenvalue weighted by molar-refractivity contribution is -0.121.